The van der Waals surface area contributed by atoms with Gasteiger partial charge in [-0.3, -0.25) is 0 Å². The van der Waals surface area contributed by atoms with Crippen molar-refractivity contribution >= 4 is 10.8 Å². The van der Waals surface area contributed by atoms with Gasteiger partial charge in [-0.05, 0) is 24.3 Å². The molecule has 4 N–H and O–H groups in total. The lowest BCUT2D eigenvalue weighted by molar-refractivity contribution is 0.420. The summed E-state index contributed by atoms with van der Waals surface area (Å²) in [5.41, 5.74) is 0. The first-order valence-electron chi connectivity index (χ1n) is 4.96. The predicted octanol–water partition coefficient (Wildman–Crippen LogP) is 1.68. The van der Waals surface area contributed by atoms with Crippen molar-refractivity contribution in [2.45, 2.75) is 9.79 Å². The third kappa shape index (κ3) is 1.98. The van der Waals surface area contributed by atoms with Gasteiger partial charge in [0.15, 0.2) is 0 Å². The van der Waals surface area contributed by atoms with Crippen LogP contribution in [0, 0.1) is 0 Å². The summed E-state index contributed by atoms with van der Waals surface area (Å²) in [6, 6.07) is 7.79. The zero-order valence-corrected chi connectivity index (χ0v) is 9.89. The molecule has 2 aromatic carbocycles. The highest BCUT2D eigenvalue weighted by Gasteiger charge is 2.22. The van der Waals surface area contributed by atoms with Gasteiger partial charge in [0.1, 0.15) is 43.6 Å². The van der Waals surface area contributed by atoms with Crippen molar-refractivity contribution in [2.75, 3.05) is 0 Å². The Morgan fingerprint density at radius 2 is 0.944 bits per heavy atom. The van der Waals surface area contributed by atoms with E-state index in [0.29, 0.717) is 0 Å². The third-order valence-electron chi connectivity index (χ3n) is 2.32. The quantitative estimate of drug-likeness (QED) is 0.663. The van der Waals surface area contributed by atoms with Gasteiger partial charge in [0.25, 0.3) is 0 Å². The summed E-state index contributed by atoms with van der Waals surface area (Å²) in [7, 11) is -2.09. The van der Waals surface area contributed by atoms with Gasteiger partial charge in [0.2, 0.25) is 0 Å². The molecule has 6 heteroatoms. The molecule has 0 aliphatic rings. The molecule has 0 saturated heterocycles. The lowest BCUT2D eigenvalue weighted by atomic mass is 10.3. The van der Waals surface area contributed by atoms with Gasteiger partial charge in [-0.25, -0.2) is 4.21 Å². The summed E-state index contributed by atoms with van der Waals surface area (Å²) in [6.07, 6.45) is 0. The number of aromatic hydroxyl groups is 4. The smallest absolute Gasteiger partial charge is 0.135 e. The second-order valence-electron chi connectivity index (χ2n) is 3.52. The molecule has 5 nitrogen and oxygen atoms in total. The minimum atomic E-state index is -2.09. The SMILES string of the molecule is O=S(c1c(O)cccc1O)c1c(O)cccc1O. The van der Waals surface area contributed by atoms with Crippen molar-refractivity contribution < 1.29 is 24.6 Å². The van der Waals surface area contributed by atoms with Gasteiger partial charge >= 0.3 is 0 Å². The van der Waals surface area contributed by atoms with Gasteiger partial charge in [0, 0.05) is 0 Å². The summed E-state index contributed by atoms with van der Waals surface area (Å²) in [5, 5.41) is 38.4. The zero-order chi connectivity index (χ0) is 13.3. The van der Waals surface area contributed by atoms with Crippen LogP contribution in [0.5, 0.6) is 23.0 Å². The molecule has 0 radical (unpaired) electrons. The molecule has 0 atom stereocenters. The van der Waals surface area contributed by atoms with E-state index in [1.807, 2.05) is 0 Å². The average molecular weight is 266 g/mol. The fourth-order valence-corrected chi connectivity index (χ4v) is 2.74. The Balaban J connectivity index is 2.63. The van der Waals surface area contributed by atoms with Gasteiger partial charge in [-0.2, -0.15) is 0 Å². The highest BCUT2D eigenvalue weighted by Crippen LogP contribution is 2.39. The van der Waals surface area contributed by atoms with Crippen molar-refractivity contribution in [3.05, 3.63) is 36.4 Å². The van der Waals surface area contributed by atoms with E-state index >= 15 is 0 Å². The van der Waals surface area contributed by atoms with Crippen LogP contribution in [-0.4, -0.2) is 24.6 Å². The second kappa shape index (κ2) is 4.58. The second-order valence-corrected chi connectivity index (χ2v) is 4.87. The largest absolute Gasteiger partial charge is 0.507 e. The van der Waals surface area contributed by atoms with Crippen LogP contribution < -0.4 is 0 Å². The Kier molecular flexibility index (Phi) is 3.12. The standard InChI is InChI=1S/C12H10O5S/c13-7-3-1-4-8(14)11(7)18(17)12-9(15)5-2-6-10(12)16/h1-6,13-16H. The van der Waals surface area contributed by atoms with E-state index in [1.54, 1.807) is 0 Å². The Morgan fingerprint density at radius 3 is 1.22 bits per heavy atom. The molecule has 2 aromatic rings. The molecule has 0 bridgehead atoms. The summed E-state index contributed by atoms with van der Waals surface area (Å²) in [4.78, 5) is -0.511. The number of hydrogen-bond donors (Lipinski definition) is 4. The Bertz CT molecular complexity index is 530. The van der Waals surface area contributed by atoms with Crippen LogP contribution in [0.3, 0.4) is 0 Å². The first-order valence-corrected chi connectivity index (χ1v) is 6.11. The van der Waals surface area contributed by atoms with E-state index in [1.165, 1.54) is 36.4 Å². The number of phenolic OH excluding ortho intramolecular Hbond substituents is 4. The minimum Gasteiger partial charge on any atom is -0.507 e. The highest BCUT2D eigenvalue weighted by molar-refractivity contribution is 7.85. The molecule has 2 rings (SSSR count). The molecule has 94 valence electrons. The molecule has 18 heavy (non-hydrogen) atoms. The first kappa shape index (κ1) is 12.3. The van der Waals surface area contributed by atoms with Crippen molar-refractivity contribution in [1.29, 1.82) is 0 Å². The summed E-state index contributed by atoms with van der Waals surface area (Å²) in [5.74, 6) is -1.51. The molecule has 0 unspecified atom stereocenters. The third-order valence-corrected chi connectivity index (χ3v) is 3.90. The summed E-state index contributed by atoms with van der Waals surface area (Å²) in [6.45, 7) is 0. The van der Waals surface area contributed by atoms with Crippen molar-refractivity contribution in [3.63, 3.8) is 0 Å². The molecule has 0 saturated carbocycles. The van der Waals surface area contributed by atoms with Crippen LogP contribution in [0.1, 0.15) is 0 Å². The van der Waals surface area contributed by atoms with Crippen LogP contribution in [0.2, 0.25) is 0 Å². The first-order chi connectivity index (χ1) is 8.52. The Hall–Kier alpha value is -2.21. The maximum Gasteiger partial charge on any atom is 0.135 e. The van der Waals surface area contributed by atoms with E-state index in [-0.39, 0.29) is 32.8 Å². The maximum absolute atomic E-state index is 12.2. The van der Waals surface area contributed by atoms with Crippen molar-refractivity contribution in [3.8, 4) is 23.0 Å². The average Bonchev–Trinajstić information content (AvgIpc) is 2.28. The van der Waals surface area contributed by atoms with Gasteiger partial charge in [-0.1, -0.05) is 12.1 Å². The summed E-state index contributed by atoms with van der Waals surface area (Å²) >= 11 is 0. The maximum atomic E-state index is 12.2. The monoisotopic (exact) mass is 266 g/mol. The van der Waals surface area contributed by atoms with Crippen LogP contribution in [0.15, 0.2) is 46.2 Å². The fourth-order valence-electron chi connectivity index (χ4n) is 1.51. The van der Waals surface area contributed by atoms with E-state index in [0.717, 1.165) is 0 Å². The molecule has 0 aliphatic carbocycles. The van der Waals surface area contributed by atoms with Crippen LogP contribution >= 0.6 is 0 Å². The molecular weight excluding hydrogens is 256 g/mol. The molecule has 0 aromatic heterocycles. The van der Waals surface area contributed by atoms with Crippen molar-refractivity contribution in [2.24, 2.45) is 0 Å². The fraction of sp³-hybridized carbons (Fsp3) is 0. The lowest BCUT2D eigenvalue weighted by Crippen LogP contribution is -1.95. The van der Waals surface area contributed by atoms with Gasteiger partial charge in [-0.15, -0.1) is 0 Å². The lowest BCUT2D eigenvalue weighted by Gasteiger charge is -2.09. The van der Waals surface area contributed by atoms with E-state index in [9.17, 15) is 24.6 Å². The van der Waals surface area contributed by atoms with Gasteiger partial charge in [0.05, 0.1) is 0 Å². The molecule has 0 spiro atoms. The number of phenols is 4. The number of rotatable bonds is 2. The number of hydrogen-bond acceptors (Lipinski definition) is 5. The minimum absolute atomic E-state index is 0.255. The Labute approximate surface area is 105 Å². The highest BCUT2D eigenvalue weighted by atomic mass is 32.2. The Morgan fingerprint density at radius 1 is 0.667 bits per heavy atom. The van der Waals surface area contributed by atoms with Crippen LogP contribution in [0.25, 0.3) is 0 Å². The number of benzene rings is 2. The van der Waals surface area contributed by atoms with Crippen LogP contribution in [0.4, 0.5) is 0 Å². The topological polar surface area (TPSA) is 98.0 Å². The normalized spacial score (nSPS) is 10.7. The van der Waals surface area contributed by atoms with E-state index in [2.05, 4.69) is 0 Å². The predicted molar refractivity (Wildman–Crippen MR) is 64.2 cm³/mol. The van der Waals surface area contributed by atoms with E-state index in [4.69, 9.17) is 0 Å². The molecule has 0 amide bonds. The zero-order valence-electron chi connectivity index (χ0n) is 9.07. The molecule has 0 fully saturated rings. The molecule has 0 aliphatic heterocycles. The molecule has 0 heterocycles. The van der Waals surface area contributed by atoms with Crippen LogP contribution in [-0.2, 0) is 10.8 Å². The molecular formula is C12H10O5S. The summed E-state index contributed by atoms with van der Waals surface area (Å²) < 4.78 is 12.2. The van der Waals surface area contributed by atoms with Gasteiger partial charge < -0.3 is 20.4 Å². The van der Waals surface area contributed by atoms with E-state index < -0.39 is 10.8 Å². The van der Waals surface area contributed by atoms with Crippen molar-refractivity contribution in [1.82, 2.24) is 0 Å².